The van der Waals surface area contributed by atoms with E-state index in [-0.39, 0.29) is 5.92 Å². The lowest BCUT2D eigenvalue weighted by Crippen LogP contribution is -2.03. The zero-order valence-electron chi connectivity index (χ0n) is 14.8. The molecule has 6 nitrogen and oxygen atoms in total. The molecule has 7 heteroatoms. The van der Waals surface area contributed by atoms with Gasteiger partial charge in [0, 0.05) is 17.5 Å². The van der Waals surface area contributed by atoms with Crippen LogP contribution in [0.25, 0.3) is 0 Å². The van der Waals surface area contributed by atoms with Gasteiger partial charge in [0.25, 0.3) is 0 Å². The van der Waals surface area contributed by atoms with Crippen molar-refractivity contribution in [2.45, 2.75) is 38.8 Å². The average Bonchev–Trinajstić information content (AvgIpc) is 2.98. The molecule has 0 unspecified atom stereocenters. The van der Waals surface area contributed by atoms with E-state index in [0.717, 1.165) is 28.0 Å². The third kappa shape index (κ3) is 4.29. The summed E-state index contributed by atoms with van der Waals surface area (Å²) >= 11 is 1.52. The smallest absolute Gasteiger partial charge is 0.211 e. The predicted molar refractivity (Wildman–Crippen MR) is 97.7 cm³/mol. The number of rotatable bonds is 8. The second-order valence-corrected chi connectivity index (χ2v) is 6.10. The summed E-state index contributed by atoms with van der Waals surface area (Å²) < 4.78 is 13.0. The van der Waals surface area contributed by atoms with Crippen LogP contribution in [0.1, 0.15) is 45.0 Å². The van der Waals surface area contributed by atoms with Gasteiger partial charge in [0.05, 0.1) is 19.4 Å². The Morgan fingerprint density at radius 2 is 1.96 bits per heavy atom. The maximum atomic E-state index is 5.71. The van der Waals surface area contributed by atoms with Crippen molar-refractivity contribution < 1.29 is 9.47 Å². The first kappa shape index (κ1) is 18.3. The fourth-order valence-electron chi connectivity index (χ4n) is 2.15. The van der Waals surface area contributed by atoms with Gasteiger partial charge in [-0.2, -0.15) is 9.78 Å². The minimum Gasteiger partial charge on any atom is -0.494 e. The monoisotopic (exact) mass is 348 g/mol. The molecule has 0 bridgehead atoms. The van der Waals surface area contributed by atoms with Gasteiger partial charge in [-0.25, -0.2) is 0 Å². The van der Waals surface area contributed by atoms with Crippen LogP contribution in [0.5, 0.6) is 11.5 Å². The second-order valence-electron chi connectivity index (χ2n) is 5.32. The Kier molecular flexibility index (Phi) is 6.66. The van der Waals surface area contributed by atoms with E-state index < -0.39 is 0 Å². The van der Waals surface area contributed by atoms with Crippen LogP contribution < -0.4 is 9.47 Å². The van der Waals surface area contributed by atoms with Gasteiger partial charge in [0.2, 0.25) is 5.16 Å². The molecule has 24 heavy (non-hydrogen) atoms. The highest BCUT2D eigenvalue weighted by Crippen LogP contribution is 2.25. The second kappa shape index (κ2) is 8.73. The Bertz CT molecular complexity index is 698. The summed E-state index contributed by atoms with van der Waals surface area (Å²) in [5, 5.41) is 13.7. The Hall–Kier alpha value is -2.02. The summed E-state index contributed by atoms with van der Waals surface area (Å²) in [7, 11) is 0. The van der Waals surface area contributed by atoms with Gasteiger partial charge in [-0.05, 0) is 32.2 Å². The van der Waals surface area contributed by atoms with Crippen molar-refractivity contribution in [3.8, 4) is 11.5 Å². The molecule has 1 aromatic heterocycles. The van der Waals surface area contributed by atoms with Gasteiger partial charge in [0.1, 0.15) is 11.5 Å². The van der Waals surface area contributed by atoms with E-state index >= 15 is 0 Å². The fraction of sp³-hybridized carbons (Fsp3) is 0.471. The fourth-order valence-corrected chi connectivity index (χ4v) is 2.59. The van der Waals surface area contributed by atoms with Crippen LogP contribution in [0.4, 0.5) is 0 Å². The molecule has 0 saturated carbocycles. The summed E-state index contributed by atoms with van der Waals surface area (Å²) in [5.41, 5.74) is 0.885. The highest BCUT2D eigenvalue weighted by Gasteiger charge is 2.14. The maximum Gasteiger partial charge on any atom is 0.211 e. The molecule has 0 atom stereocenters. The van der Waals surface area contributed by atoms with E-state index in [1.807, 2.05) is 38.3 Å². The van der Waals surface area contributed by atoms with Crippen LogP contribution in [0.2, 0.25) is 0 Å². The molecule has 0 aliphatic rings. The van der Waals surface area contributed by atoms with E-state index in [1.165, 1.54) is 11.8 Å². The molecular formula is C17H24N4O2S. The number of benzene rings is 1. The number of nitrogens with zero attached hydrogens (tertiary/aromatic N) is 4. The number of ether oxygens (including phenoxy) is 2. The topological polar surface area (TPSA) is 61.5 Å². The van der Waals surface area contributed by atoms with Gasteiger partial charge in [-0.1, -0.05) is 25.6 Å². The van der Waals surface area contributed by atoms with E-state index in [2.05, 4.69) is 29.1 Å². The Morgan fingerprint density at radius 3 is 2.58 bits per heavy atom. The Labute approximate surface area is 147 Å². The van der Waals surface area contributed by atoms with Crippen LogP contribution in [-0.2, 0) is 0 Å². The SMILES string of the molecule is CCOc1ccc(/C=N\n2c(SC)nnc2C(C)C)c(OCC)c1. The summed E-state index contributed by atoms with van der Waals surface area (Å²) in [6.07, 6.45) is 3.73. The van der Waals surface area contributed by atoms with Gasteiger partial charge < -0.3 is 9.47 Å². The molecule has 0 aliphatic heterocycles. The summed E-state index contributed by atoms with van der Waals surface area (Å²) in [5.74, 6) is 2.61. The Morgan fingerprint density at radius 1 is 1.21 bits per heavy atom. The molecule has 1 heterocycles. The maximum absolute atomic E-state index is 5.71. The molecule has 0 fully saturated rings. The molecule has 0 aliphatic carbocycles. The quantitative estimate of drug-likeness (QED) is 0.536. The molecule has 0 N–H and O–H groups in total. The van der Waals surface area contributed by atoms with Crippen LogP contribution in [0, 0.1) is 0 Å². The van der Waals surface area contributed by atoms with Crippen molar-refractivity contribution in [1.82, 2.24) is 14.9 Å². The van der Waals surface area contributed by atoms with Gasteiger partial charge in [0.15, 0.2) is 5.82 Å². The first-order chi connectivity index (χ1) is 11.6. The first-order valence-corrected chi connectivity index (χ1v) is 9.26. The molecule has 2 aromatic rings. The molecule has 2 rings (SSSR count). The third-order valence-electron chi connectivity index (χ3n) is 3.24. The summed E-state index contributed by atoms with van der Waals surface area (Å²) in [4.78, 5) is 0. The highest BCUT2D eigenvalue weighted by atomic mass is 32.2. The van der Waals surface area contributed by atoms with Crippen molar-refractivity contribution in [3.63, 3.8) is 0 Å². The van der Waals surface area contributed by atoms with Crippen molar-refractivity contribution in [3.05, 3.63) is 29.6 Å². The minimum absolute atomic E-state index is 0.238. The molecular weight excluding hydrogens is 324 g/mol. The van der Waals surface area contributed by atoms with Crippen molar-refractivity contribution in [2.24, 2.45) is 5.10 Å². The molecule has 0 spiro atoms. The normalized spacial score (nSPS) is 11.4. The zero-order valence-corrected chi connectivity index (χ0v) is 15.6. The lowest BCUT2D eigenvalue weighted by molar-refractivity contribution is 0.323. The largest absolute Gasteiger partial charge is 0.494 e. The van der Waals surface area contributed by atoms with Gasteiger partial charge in [-0.15, -0.1) is 10.2 Å². The van der Waals surface area contributed by atoms with Crippen LogP contribution in [0.3, 0.4) is 0 Å². The molecule has 0 radical (unpaired) electrons. The lowest BCUT2D eigenvalue weighted by Gasteiger charge is -2.10. The average molecular weight is 348 g/mol. The third-order valence-corrected chi connectivity index (χ3v) is 3.86. The molecule has 0 saturated heterocycles. The van der Waals surface area contributed by atoms with E-state index in [0.29, 0.717) is 13.2 Å². The standard InChI is InChI=1S/C17H24N4O2S/c1-6-22-14-9-8-13(15(10-14)23-7-2)11-18-21-16(12(3)4)19-20-17(21)24-5/h8-12H,6-7H2,1-5H3/b18-11-. The van der Waals surface area contributed by atoms with Crippen LogP contribution >= 0.6 is 11.8 Å². The van der Waals surface area contributed by atoms with Gasteiger partial charge in [-0.3, -0.25) is 0 Å². The first-order valence-electron chi connectivity index (χ1n) is 8.03. The molecule has 130 valence electrons. The van der Waals surface area contributed by atoms with Crippen LogP contribution in [0.15, 0.2) is 28.5 Å². The van der Waals surface area contributed by atoms with Gasteiger partial charge >= 0.3 is 0 Å². The Balaban J connectivity index is 2.36. The number of aromatic nitrogens is 3. The van der Waals surface area contributed by atoms with Crippen molar-refractivity contribution in [2.75, 3.05) is 19.5 Å². The summed E-state index contributed by atoms with van der Waals surface area (Å²) in [6.45, 7) is 9.26. The lowest BCUT2D eigenvalue weighted by atomic mass is 10.2. The minimum atomic E-state index is 0.238. The number of hydrogen-bond acceptors (Lipinski definition) is 6. The predicted octanol–water partition coefficient (Wildman–Crippen LogP) is 3.80. The zero-order chi connectivity index (χ0) is 17.5. The summed E-state index contributed by atoms with van der Waals surface area (Å²) in [6, 6.07) is 5.75. The van der Waals surface area contributed by atoms with E-state index in [1.54, 1.807) is 10.9 Å². The van der Waals surface area contributed by atoms with Crippen molar-refractivity contribution >= 4 is 18.0 Å². The van der Waals surface area contributed by atoms with Crippen LogP contribution in [-0.4, -0.2) is 40.6 Å². The number of hydrogen-bond donors (Lipinski definition) is 0. The number of thioether (sulfide) groups is 1. The highest BCUT2D eigenvalue weighted by molar-refractivity contribution is 7.98. The van der Waals surface area contributed by atoms with Crippen molar-refractivity contribution in [1.29, 1.82) is 0 Å². The van der Waals surface area contributed by atoms with E-state index in [9.17, 15) is 0 Å². The molecule has 1 aromatic carbocycles. The molecule has 0 amide bonds. The van der Waals surface area contributed by atoms with E-state index in [4.69, 9.17) is 9.47 Å².